The number of thioether (sulfide) groups is 1. The van der Waals surface area contributed by atoms with Crippen LogP contribution in [-0.2, 0) is 4.79 Å². The fraction of sp³-hybridized carbons (Fsp3) is 0.889. The van der Waals surface area contributed by atoms with Gasteiger partial charge in [0, 0.05) is 24.9 Å². The molecule has 0 aliphatic rings. The van der Waals surface area contributed by atoms with Crippen molar-refractivity contribution in [2.45, 2.75) is 26.1 Å². The molecule has 0 saturated heterocycles. The van der Waals surface area contributed by atoms with Gasteiger partial charge >= 0.3 is 12.1 Å². The van der Waals surface area contributed by atoms with Gasteiger partial charge < -0.3 is 10.6 Å². The molecule has 0 saturated carbocycles. The maximum atomic E-state index is 11.8. The Morgan fingerprint density at radius 3 is 2.50 bits per heavy atom. The predicted octanol–water partition coefficient (Wildman–Crippen LogP) is 1.40. The topological polar surface area (TPSA) is 41.1 Å². The van der Waals surface area contributed by atoms with E-state index in [1.807, 2.05) is 13.8 Å². The minimum Gasteiger partial charge on any atom is -0.347 e. The maximum Gasteiger partial charge on any atom is 0.471 e. The van der Waals surface area contributed by atoms with E-state index in [0.29, 0.717) is 6.54 Å². The van der Waals surface area contributed by atoms with E-state index in [2.05, 4.69) is 5.32 Å². The first-order chi connectivity index (χ1) is 7.38. The van der Waals surface area contributed by atoms with Gasteiger partial charge in [-0.05, 0) is 12.7 Å². The second kappa shape index (κ2) is 7.78. The summed E-state index contributed by atoms with van der Waals surface area (Å²) in [6.45, 7) is 4.32. The molecule has 96 valence electrons. The molecular formula is C9H17F3N2OS. The highest BCUT2D eigenvalue weighted by Gasteiger charge is 2.38. The number of carbonyl (C=O) groups excluding carboxylic acids is 1. The fourth-order valence-electron chi connectivity index (χ4n) is 0.948. The molecule has 0 bridgehead atoms. The van der Waals surface area contributed by atoms with Crippen molar-refractivity contribution >= 4 is 17.7 Å². The van der Waals surface area contributed by atoms with Crippen LogP contribution >= 0.6 is 11.8 Å². The zero-order valence-electron chi connectivity index (χ0n) is 9.36. The molecule has 0 spiro atoms. The lowest BCUT2D eigenvalue weighted by atomic mass is 10.4. The van der Waals surface area contributed by atoms with Crippen molar-refractivity contribution in [2.24, 2.45) is 0 Å². The van der Waals surface area contributed by atoms with Gasteiger partial charge in [-0.15, -0.1) is 0 Å². The molecule has 0 aliphatic carbocycles. The summed E-state index contributed by atoms with van der Waals surface area (Å²) in [6, 6.07) is 0.229. The Morgan fingerprint density at radius 2 is 2.00 bits per heavy atom. The Hall–Kier alpha value is -0.430. The van der Waals surface area contributed by atoms with Crippen LogP contribution in [0.5, 0.6) is 0 Å². The van der Waals surface area contributed by atoms with E-state index >= 15 is 0 Å². The molecule has 0 aromatic carbocycles. The smallest absolute Gasteiger partial charge is 0.347 e. The number of hydrogen-bond donors (Lipinski definition) is 2. The monoisotopic (exact) mass is 258 g/mol. The van der Waals surface area contributed by atoms with Crippen molar-refractivity contribution in [3.8, 4) is 0 Å². The summed E-state index contributed by atoms with van der Waals surface area (Å²) in [5.74, 6) is 0.0328. The molecule has 0 aromatic heterocycles. The van der Waals surface area contributed by atoms with Crippen LogP contribution in [0.3, 0.4) is 0 Å². The number of alkyl halides is 3. The van der Waals surface area contributed by atoms with Crippen LogP contribution < -0.4 is 10.6 Å². The second-order valence-corrected chi connectivity index (χ2v) is 4.59. The summed E-state index contributed by atoms with van der Waals surface area (Å²) in [4.78, 5) is 10.4. The average Bonchev–Trinajstić information content (AvgIpc) is 2.19. The molecule has 1 amide bonds. The van der Waals surface area contributed by atoms with E-state index in [1.54, 1.807) is 17.1 Å². The lowest BCUT2D eigenvalue weighted by Gasteiger charge is -2.13. The van der Waals surface area contributed by atoms with E-state index in [9.17, 15) is 18.0 Å². The molecule has 2 N–H and O–H groups in total. The molecule has 0 fully saturated rings. The Bertz CT molecular complexity index is 211. The Balaban J connectivity index is 3.50. The first-order valence-corrected chi connectivity index (χ1v) is 6.19. The van der Waals surface area contributed by atoms with Crippen molar-refractivity contribution in [2.75, 3.05) is 24.6 Å². The molecule has 3 nitrogen and oxygen atoms in total. The van der Waals surface area contributed by atoms with E-state index in [1.165, 1.54) is 0 Å². The van der Waals surface area contributed by atoms with E-state index in [4.69, 9.17) is 0 Å². The lowest BCUT2D eigenvalue weighted by Crippen LogP contribution is -2.42. The fourth-order valence-corrected chi connectivity index (χ4v) is 1.66. The summed E-state index contributed by atoms with van der Waals surface area (Å²) in [6.07, 6.45) is -4.79. The average molecular weight is 258 g/mol. The number of rotatable bonds is 7. The molecule has 1 unspecified atom stereocenters. The van der Waals surface area contributed by atoms with Crippen LogP contribution in [0, 0.1) is 0 Å². The highest BCUT2D eigenvalue weighted by Crippen LogP contribution is 2.13. The predicted molar refractivity (Wildman–Crippen MR) is 59.5 cm³/mol. The van der Waals surface area contributed by atoms with Crippen LogP contribution in [0.4, 0.5) is 13.2 Å². The van der Waals surface area contributed by atoms with Gasteiger partial charge in [0.2, 0.25) is 0 Å². The summed E-state index contributed by atoms with van der Waals surface area (Å²) in [5.41, 5.74) is 0. The molecule has 16 heavy (non-hydrogen) atoms. The zero-order valence-corrected chi connectivity index (χ0v) is 10.2. The van der Waals surface area contributed by atoms with Crippen LogP contribution in [0.2, 0.25) is 0 Å². The van der Waals surface area contributed by atoms with Gasteiger partial charge in [0.05, 0.1) is 0 Å². The van der Waals surface area contributed by atoms with Crippen molar-refractivity contribution in [1.82, 2.24) is 10.6 Å². The normalized spacial score (nSPS) is 13.6. The molecule has 0 aliphatic heterocycles. The number of hydrogen-bond acceptors (Lipinski definition) is 3. The van der Waals surface area contributed by atoms with E-state index in [0.717, 1.165) is 11.5 Å². The zero-order chi connectivity index (χ0) is 12.6. The number of nitrogens with one attached hydrogen (secondary N) is 2. The highest BCUT2D eigenvalue weighted by molar-refractivity contribution is 7.99. The number of carbonyl (C=O) groups is 1. The third-order valence-electron chi connectivity index (χ3n) is 1.73. The van der Waals surface area contributed by atoms with Gasteiger partial charge in [-0.3, -0.25) is 4.79 Å². The number of halogens is 3. The molecule has 0 heterocycles. The molecule has 0 radical (unpaired) electrons. The van der Waals surface area contributed by atoms with Gasteiger partial charge in [-0.2, -0.15) is 24.9 Å². The minimum atomic E-state index is -4.79. The number of amides is 1. The summed E-state index contributed by atoms with van der Waals surface area (Å²) >= 11 is 1.75. The molecule has 0 rings (SSSR count). The third-order valence-corrected chi connectivity index (χ3v) is 2.88. The molecule has 1 atom stereocenters. The lowest BCUT2D eigenvalue weighted by molar-refractivity contribution is -0.173. The van der Waals surface area contributed by atoms with Crippen molar-refractivity contribution < 1.29 is 18.0 Å². The molecular weight excluding hydrogens is 241 g/mol. The third kappa shape index (κ3) is 7.81. The van der Waals surface area contributed by atoms with Crippen LogP contribution in [0.15, 0.2) is 0 Å². The Morgan fingerprint density at radius 1 is 1.38 bits per heavy atom. The van der Waals surface area contributed by atoms with Gasteiger partial charge in [0.25, 0.3) is 0 Å². The SMILES string of the molecule is CCSCC(C)NCCNC(=O)C(F)(F)F. The molecule has 0 aromatic rings. The van der Waals surface area contributed by atoms with Crippen molar-refractivity contribution in [3.63, 3.8) is 0 Å². The minimum absolute atomic E-state index is 0.0144. The van der Waals surface area contributed by atoms with Gasteiger partial charge in [0.1, 0.15) is 0 Å². The highest BCUT2D eigenvalue weighted by atomic mass is 32.2. The van der Waals surface area contributed by atoms with Crippen LogP contribution in [0.1, 0.15) is 13.8 Å². The van der Waals surface area contributed by atoms with E-state index < -0.39 is 12.1 Å². The van der Waals surface area contributed by atoms with Gasteiger partial charge in [0.15, 0.2) is 0 Å². The van der Waals surface area contributed by atoms with E-state index in [-0.39, 0.29) is 12.6 Å². The summed E-state index contributed by atoms with van der Waals surface area (Å²) < 4.78 is 35.3. The Kier molecular flexibility index (Phi) is 7.57. The largest absolute Gasteiger partial charge is 0.471 e. The van der Waals surface area contributed by atoms with Gasteiger partial charge in [-0.1, -0.05) is 6.92 Å². The maximum absolute atomic E-state index is 11.8. The second-order valence-electron chi connectivity index (χ2n) is 3.27. The van der Waals surface area contributed by atoms with Crippen molar-refractivity contribution in [1.29, 1.82) is 0 Å². The standard InChI is InChI=1S/C9H17F3N2OS/c1-3-16-6-7(2)13-4-5-14-8(15)9(10,11)12/h7,13H,3-6H2,1-2H3,(H,14,15). The first-order valence-electron chi connectivity index (χ1n) is 5.04. The van der Waals surface area contributed by atoms with Crippen molar-refractivity contribution in [3.05, 3.63) is 0 Å². The van der Waals surface area contributed by atoms with Crippen LogP contribution in [-0.4, -0.2) is 42.7 Å². The van der Waals surface area contributed by atoms with Gasteiger partial charge in [-0.25, -0.2) is 0 Å². The quantitative estimate of drug-likeness (QED) is 0.678. The molecule has 7 heteroatoms. The summed E-state index contributed by atoms with van der Waals surface area (Å²) in [5, 5.41) is 4.82. The first kappa shape index (κ1) is 15.6. The summed E-state index contributed by atoms with van der Waals surface area (Å²) in [7, 11) is 0. The Labute approximate surface area is 97.5 Å². The van der Waals surface area contributed by atoms with Crippen LogP contribution in [0.25, 0.3) is 0 Å².